The highest BCUT2D eigenvalue weighted by Crippen LogP contribution is 2.39. The maximum absolute atomic E-state index is 13.4. The molecule has 2 saturated heterocycles. The Balaban J connectivity index is 1.62. The molecule has 2 aliphatic rings. The molecule has 0 unspecified atom stereocenters. The first-order valence-corrected chi connectivity index (χ1v) is 15.3. The quantitative estimate of drug-likeness (QED) is 0.495. The average molecular weight is 605 g/mol. The minimum atomic E-state index is -4.84. The smallest absolute Gasteiger partial charge is 0.378 e. The van der Waals surface area contributed by atoms with E-state index in [0.29, 0.717) is 45.5 Å². The fourth-order valence-electron chi connectivity index (χ4n) is 4.99. The van der Waals surface area contributed by atoms with Gasteiger partial charge in [0.1, 0.15) is 4.21 Å². The minimum absolute atomic E-state index is 0.0461. The van der Waals surface area contributed by atoms with E-state index in [1.165, 1.54) is 33.5 Å². The van der Waals surface area contributed by atoms with Gasteiger partial charge in [0, 0.05) is 65.0 Å². The third kappa shape index (κ3) is 6.47. The molecule has 1 aromatic heterocycles. The Hall–Kier alpha value is -2.23. The van der Waals surface area contributed by atoms with Gasteiger partial charge in [-0.1, -0.05) is 18.2 Å². The zero-order chi connectivity index (χ0) is 29.3. The van der Waals surface area contributed by atoms with E-state index >= 15 is 0 Å². The van der Waals surface area contributed by atoms with Crippen LogP contribution < -0.4 is 4.90 Å². The van der Waals surface area contributed by atoms with Gasteiger partial charge in [-0.25, -0.2) is 8.42 Å². The van der Waals surface area contributed by atoms with Gasteiger partial charge in [-0.15, -0.1) is 11.3 Å². The normalized spacial score (nSPS) is 23.1. The zero-order valence-electron chi connectivity index (χ0n) is 22.7. The lowest BCUT2D eigenvalue weighted by molar-refractivity contribution is -0.258. The number of sulfonamides is 1. The zero-order valence-corrected chi connectivity index (χ0v) is 24.3. The fraction of sp³-hybridized carbons (Fsp3) is 0.577. The van der Waals surface area contributed by atoms with Gasteiger partial charge in [0.15, 0.2) is 5.60 Å². The molecule has 40 heavy (non-hydrogen) atoms. The van der Waals surface area contributed by atoms with Crippen molar-refractivity contribution in [2.45, 2.75) is 41.4 Å². The number of carbonyl (C=O) groups is 1. The Morgan fingerprint density at radius 3 is 2.42 bits per heavy atom. The van der Waals surface area contributed by atoms with Crippen molar-refractivity contribution in [1.82, 2.24) is 14.1 Å². The molecule has 0 saturated carbocycles. The van der Waals surface area contributed by atoms with E-state index in [-0.39, 0.29) is 47.3 Å². The van der Waals surface area contributed by atoms with E-state index in [1.54, 1.807) is 31.6 Å². The highest BCUT2D eigenvalue weighted by molar-refractivity contribution is 7.91. The van der Waals surface area contributed by atoms with E-state index in [2.05, 4.69) is 4.90 Å². The first kappa shape index (κ1) is 30.7. The van der Waals surface area contributed by atoms with Gasteiger partial charge in [0.25, 0.3) is 10.0 Å². The van der Waals surface area contributed by atoms with Gasteiger partial charge in [0.2, 0.25) is 5.91 Å². The number of aliphatic hydroxyl groups is 1. The van der Waals surface area contributed by atoms with Crippen LogP contribution in [0.15, 0.2) is 46.0 Å². The van der Waals surface area contributed by atoms with Crippen LogP contribution in [0, 0.1) is 0 Å². The summed E-state index contributed by atoms with van der Waals surface area (Å²) >= 11 is 1.15. The summed E-state index contributed by atoms with van der Waals surface area (Å²) in [6.45, 7) is 3.21. The second-order valence-corrected chi connectivity index (χ2v) is 13.6. The Kier molecular flexibility index (Phi) is 9.17. The van der Waals surface area contributed by atoms with Crippen molar-refractivity contribution < 1.29 is 36.2 Å². The average Bonchev–Trinajstić information content (AvgIpc) is 3.45. The summed E-state index contributed by atoms with van der Waals surface area (Å²) in [6, 6.07) is 8.26. The summed E-state index contributed by atoms with van der Waals surface area (Å²) in [6.07, 6.45) is -4.59. The van der Waals surface area contributed by atoms with Crippen molar-refractivity contribution >= 4 is 33.0 Å². The number of piperazine rings is 1. The van der Waals surface area contributed by atoms with Crippen molar-refractivity contribution in [3.8, 4) is 0 Å². The molecule has 0 radical (unpaired) electrons. The number of rotatable bonds is 8. The summed E-state index contributed by atoms with van der Waals surface area (Å²) in [4.78, 5) is 18.1. The van der Waals surface area contributed by atoms with Crippen LogP contribution in [0.25, 0.3) is 0 Å². The van der Waals surface area contributed by atoms with Crippen LogP contribution in [0.1, 0.15) is 18.9 Å². The van der Waals surface area contributed by atoms with Crippen LogP contribution in [-0.4, -0.2) is 112 Å². The number of alkyl halides is 3. The number of ether oxygens (including phenoxy) is 1. The van der Waals surface area contributed by atoms with Gasteiger partial charge in [-0.05, 0) is 36.1 Å². The minimum Gasteiger partial charge on any atom is -0.378 e. The summed E-state index contributed by atoms with van der Waals surface area (Å²) in [7, 11) is -0.347. The Bertz CT molecular complexity index is 1250. The highest BCUT2D eigenvalue weighted by atomic mass is 32.2. The molecule has 14 heteroatoms. The SMILES string of the molecule is CN(C)C(=O)C[C@@H]1COCCN1C[C@H]1CN(S(=O)(=O)c2cccs2)CCN1c1ccc([C@](C)(O)C(F)(F)F)cc1. The molecule has 1 amide bonds. The van der Waals surface area contributed by atoms with Crippen LogP contribution >= 0.6 is 11.3 Å². The van der Waals surface area contributed by atoms with Crippen molar-refractivity contribution in [2.24, 2.45) is 0 Å². The molecule has 3 atom stereocenters. The Labute approximate surface area is 236 Å². The van der Waals surface area contributed by atoms with E-state index in [9.17, 15) is 31.5 Å². The van der Waals surface area contributed by atoms with Gasteiger partial charge in [-0.2, -0.15) is 17.5 Å². The molecule has 3 heterocycles. The fourth-order valence-corrected chi connectivity index (χ4v) is 7.61. The topological polar surface area (TPSA) is 93.6 Å². The van der Waals surface area contributed by atoms with Crippen molar-refractivity contribution in [3.05, 3.63) is 47.3 Å². The van der Waals surface area contributed by atoms with E-state index < -0.39 is 21.8 Å². The Morgan fingerprint density at radius 2 is 1.82 bits per heavy atom. The first-order valence-electron chi connectivity index (χ1n) is 12.9. The van der Waals surface area contributed by atoms with Crippen LogP contribution in [-0.2, 0) is 25.2 Å². The molecule has 4 rings (SSSR count). The molecule has 2 fully saturated rings. The predicted molar refractivity (Wildman–Crippen MR) is 146 cm³/mol. The number of amides is 1. The molecule has 0 bridgehead atoms. The number of morpholine rings is 1. The molecule has 0 spiro atoms. The van der Waals surface area contributed by atoms with E-state index in [0.717, 1.165) is 11.3 Å². The van der Waals surface area contributed by atoms with Crippen LogP contribution in [0.3, 0.4) is 0 Å². The second kappa shape index (κ2) is 11.9. The molecular formula is C26H35F3N4O5S2. The summed E-state index contributed by atoms with van der Waals surface area (Å²) < 4.78 is 74.2. The van der Waals surface area contributed by atoms with Crippen molar-refractivity contribution in [2.75, 3.05) is 64.9 Å². The predicted octanol–water partition coefficient (Wildman–Crippen LogP) is 2.58. The number of hydrogen-bond acceptors (Lipinski definition) is 8. The molecule has 9 nitrogen and oxygen atoms in total. The summed E-state index contributed by atoms with van der Waals surface area (Å²) in [5.41, 5.74) is -2.66. The number of carbonyl (C=O) groups excluding carboxylic acids is 1. The first-order chi connectivity index (χ1) is 18.7. The second-order valence-electron chi connectivity index (χ2n) is 10.5. The van der Waals surface area contributed by atoms with Crippen molar-refractivity contribution in [3.63, 3.8) is 0 Å². The van der Waals surface area contributed by atoms with Gasteiger partial charge < -0.3 is 19.6 Å². The standard InChI is InChI=1S/C26H35F3N4O5S2/c1-25(35,26(27,28)29)19-6-8-20(9-7-19)33-11-10-32(40(36,37)24-5-4-14-39-24)17-22(33)16-31-12-13-38-18-21(31)15-23(34)30(2)3/h4-9,14,21-22,35H,10-13,15-18H2,1-3H3/t21-,22+,25+/m1/s1. The Morgan fingerprint density at radius 1 is 1.12 bits per heavy atom. The molecular weight excluding hydrogens is 569 g/mol. The van der Waals surface area contributed by atoms with Crippen LogP contribution in [0.4, 0.5) is 18.9 Å². The van der Waals surface area contributed by atoms with Gasteiger partial charge in [0.05, 0.1) is 19.3 Å². The summed E-state index contributed by atoms with van der Waals surface area (Å²) in [5, 5.41) is 11.8. The summed E-state index contributed by atoms with van der Waals surface area (Å²) in [5.74, 6) is -0.0461. The molecule has 2 aromatic rings. The lowest BCUT2D eigenvalue weighted by atomic mass is 9.95. The number of halogens is 3. The maximum atomic E-state index is 13.4. The molecule has 1 N–H and O–H groups in total. The largest absolute Gasteiger partial charge is 0.421 e. The number of benzene rings is 1. The number of anilines is 1. The third-order valence-electron chi connectivity index (χ3n) is 7.55. The lowest BCUT2D eigenvalue weighted by Gasteiger charge is -2.46. The number of nitrogens with zero attached hydrogens (tertiary/aromatic N) is 4. The molecule has 222 valence electrons. The molecule has 1 aromatic carbocycles. The third-order valence-corrected chi connectivity index (χ3v) is 10.8. The van der Waals surface area contributed by atoms with Crippen LogP contribution in [0.5, 0.6) is 0 Å². The van der Waals surface area contributed by atoms with E-state index in [1.807, 2.05) is 4.90 Å². The number of thiophene rings is 1. The van der Waals surface area contributed by atoms with Crippen molar-refractivity contribution in [1.29, 1.82) is 0 Å². The number of hydrogen-bond donors (Lipinski definition) is 1. The molecule has 2 aliphatic heterocycles. The van der Waals surface area contributed by atoms with Gasteiger partial charge in [-0.3, -0.25) is 9.69 Å². The molecule has 0 aliphatic carbocycles. The van der Waals surface area contributed by atoms with E-state index in [4.69, 9.17) is 4.74 Å². The van der Waals surface area contributed by atoms with Crippen LogP contribution in [0.2, 0.25) is 0 Å². The van der Waals surface area contributed by atoms with Gasteiger partial charge >= 0.3 is 6.18 Å². The monoisotopic (exact) mass is 604 g/mol. The lowest BCUT2D eigenvalue weighted by Crippen LogP contribution is -2.60. The highest BCUT2D eigenvalue weighted by Gasteiger charge is 2.51. The maximum Gasteiger partial charge on any atom is 0.421 e.